The van der Waals surface area contributed by atoms with Crippen molar-refractivity contribution in [3.8, 4) is 0 Å². The number of hydrogen-bond donors (Lipinski definition) is 2. The van der Waals surface area contributed by atoms with Gasteiger partial charge in [-0.25, -0.2) is 0 Å². The predicted molar refractivity (Wildman–Crippen MR) is 118 cm³/mol. The molecule has 0 radical (unpaired) electrons. The highest BCUT2D eigenvalue weighted by atomic mass is 127. The van der Waals surface area contributed by atoms with Crippen LogP contribution in [0.3, 0.4) is 0 Å². The normalized spacial score (nSPS) is 14.8. The summed E-state index contributed by atoms with van der Waals surface area (Å²) in [5, 5.41) is 11.2. The molecule has 1 rings (SSSR count). The lowest BCUT2D eigenvalue weighted by atomic mass is 9.89. The van der Waals surface area contributed by atoms with Crippen molar-refractivity contribution in [3.63, 3.8) is 0 Å². The molecule has 25 heavy (non-hydrogen) atoms. The molecule has 0 amide bonds. The van der Waals surface area contributed by atoms with Crippen LogP contribution in [0.5, 0.6) is 0 Å². The van der Waals surface area contributed by atoms with Gasteiger partial charge in [0.05, 0.1) is 12.2 Å². The van der Waals surface area contributed by atoms with Crippen LogP contribution >= 0.6 is 24.0 Å². The molecule has 0 aliphatic carbocycles. The van der Waals surface area contributed by atoms with Crippen LogP contribution in [0.2, 0.25) is 0 Å². The van der Waals surface area contributed by atoms with E-state index in [0.717, 1.165) is 18.9 Å². The summed E-state index contributed by atoms with van der Waals surface area (Å²) in [7, 11) is 7.94. The van der Waals surface area contributed by atoms with E-state index < -0.39 is 0 Å². The van der Waals surface area contributed by atoms with E-state index in [9.17, 15) is 0 Å². The average molecular weight is 464 g/mol. The fourth-order valence-corrected chi connectivity index (χ4v) is 2.55. The summed E-state index contributed by atoms with van der Waals surface area (Å²) in [6, 6.07) is 0.647. The van der Waals surface area contributed by atoms with E-state index in [2.05, 4.69) is 73.6 Å². The molecule has 146 valence electrons. The number of nitrogens with one attached hydrogen (secondary N) is 2. The van der Waals surface area contributed by atoms with Gasteiger partial charge in [0.25, 0.3) is 0 Å². The van der Waals surface area contributed by atoms with Crippen LogP contribution in [0.15, 0.2) is 17.4 Å². The minimum absolute atomic E-state index is 0. The molecular formula is C18H37IN6. The summed E-state index contributed by atoms with van der Waals surface area (Å²) in [6.07, 6.45) is 6.31. The van der Waals surface area contributed by atoms with Crippen LogP contribution in [0.1, 0.15) is 52.1 Å². The number of hydrogen-bond acceptors (Lipinski definition) is 3. The lowest BCUT2D eigenvalue weighted by molar-refractivity contribution is 0.297. The van der Waals surface area contributed by atoms with Gasteiger partial charge >= 0.3 is 0 Å². The van der Waals surface area contributed by atoms with Crippen LogP contribution in [0, 0.1) is 5.41 Å². The summed E-state index contributed by atoms with van der Waals surface area (Å²) in [5.41, 5.74) is 1.56. The molecule has 0 fully saturated rings. The van der Waals surface area contributed by atoms with Gasteiger partial charge in [0.15, 0.2) is 5.96 Å². The second-order valence-electron chi connectivity index (χ2n) is 8.02. The Bertz CT molecular complexity index is 518. The largest absolute Gasteiger partial charge is 0.354 e. The maximum Gasteiger partial charge on any atom is 0.191 e. The number of nitrogens with zero attached hydrogens (tertiary/aromatic N) is 4. The fourth-order valence-electron chi connectivity index (χ4n) is 2.55. The molecule has 0 spiro atoms. The Labute approximate surface area is 170 Å². The second kappa shape index (κ2) is 11.0. The third kappa shape index (κ3) is 9.44. The van der Waals surface area contributed by atoms with Gasteiger partial charge in [0, 0.05) is 38.4 Å². The van der Waals surface area contributed by atoms with Crippen molar-refractivity contribution in [3.05, 3.63) is 18.0 Å². The van der Waals surface area contributed by atoms with Gasteiger partial charge in [-0.2, -0.15) is 5.10 Å². The molecule has 0 aromatic carbocycles. The molecule has 1 aromatic rings. The van der Waals surface area contributed by atoms with Gasteiger partial charge in [-0.15, -0.1) is 24.0 Å². The molecule has 6 nitrogen and oxygen atoms in total. The first-order valence-corrected chi connectivity index (χ1v) is 8.74. The Balaban J connectivity index is 0.00000576. The first-order valence-electron chi connectivity index (χ1n) is 8.74. The van der Waals surface area contributed by atoms with Gasteiger partial charge in [0.2, 0.25) is 0 Å². The fraction of sp³-hybridized carbons (Fsp3) is 0.778. The molecule has 2 N–H and O–H groups in total. The van der Waals surface area contributed by atoms with Gasteiger partial charge in [-0.1, -0.05) is 20.8 Å². The monoisotopic (exact) mass is 464 g/mol. The second-order valence-corrected chi connectivity index (χ2v) is 8.02. The van der Waals surface area contributed by atoms with Crippen LogP contribution < -0.4 is 10.6 Å². The van der Waals surface area contributed by atoms with E-state index in [1.165, 1.54) is 12.0 Å². The van der Waals surface area contributed by atoms with Crippen molar-refractivity contribution in [1.82, 2.24) is 25.3 Å². The minimum Gasteiger partial charge on any atom is -0.354 e. The molecule has 0 aliphatic heterocycles. The van der Waals surface area contributed by atoms with Crippen LogP contribution in [-0.4, -0.2) is 54.4 Å². The molecule has 1 heterocycles. The van der Waals surface area contributed by atoms with E-state index in [1.54, 1.807) is 0 Å². The molecule has 0 saturated carbocycles. The van der Waals surface area contributed by atoms with Crippen molar-refractivity contribution in [2.75, 3.05) is 27.7 Å². The zero-order valence-corrected chi connectivity index (χ0v) is 19.5. The Kier molecular flexibility index (Phi) is 10.6. The standard InChI is InChI=1S/C18H36N6.HI/c1-14(9-10-18(2,3)4)22-17(19-5)20-12-16(23(6)7)15-11-21-24(8)13-15;/h11,13-14,16H,9-10,12H2,1-8H3,(H2,19,20,22);1H. The van der Waals surface area contributed by atoms with Crippen LogP contribution in [0.4, 0.5) is 0 Å². The number of aryl methyl sites for hydroxylation is 1. The molecule has 2 atom stereocenters. The van der Waals surface area contributed by atoms with E-state index in [0.29, 0.717) is 11.5 Å². The van der Waals surface area contributed by atoms with Crippen LogP contribution in [-0.2, 0) is 7.05 Å². The van der Waals surface area contributed by atoms with Crippen LogP contribution in [0.25, 0.3) is 0 Å². The number of guanidine groups is 1. The Morgan fingerprint density at radius 1 is 1.36 bits per heavy atom. The zero-order chi connectivity index (χ0) is 18.3. The summed E-state index contributed by atoms with van der Waals surface area (Å²) >= 11 is 0. The number of rotatable bonds is 7. The molecule has 0 aliphatic rings. The third-order valence-electron chi connectivity index (χ3n) is 4.13. The SMILES string of the molecule is CN=C(NCC(c1cnn(C)c1)N(C)C)NC(C)CCC(C)(C)C.I. The average Bonchev–Trinajstić information content (AvgIpc) is 2.89. The first kappa shape index (κ1) is 24.2. The summed E-state index contributed by atoms with van der Waals surface area (Å²) in [4.78, 5) is 6.55. The molecular weight excluding hydrogens is 427 g/mol. The number of likely N-dealkylation sites (N-methyl/N-ethyl adjacent to an activating group) is 1. The van der Waals surface area contributed by atoms with Crippen molar-refractivity contribution in [1.29, 1.82) is 0 Å². The molecule has 2 unspecified atom stereocenters. The summed E-state index contributed by atoms with van der Waals surface area (Å²) in [5.74, 6) is 0.854. The Morgan fingerprint density at radius 3 is 2.44 bits per heavy atom. The molecule has 7 heteroatoms. The highest BCUT2D eigenvalue weighted by molar-refractivity contribution is 14.0. The van der Waals surface area contributed by atoms with Gasteiger partial charge in [-0.3, -0.25) is 9.67 Å². The Hall–Kier alpha value is -0.830. The topological polar surface area (TPSA) is 57.5 Å². The van der Waals surface area contributed by atoms with E-state index in [4.69, 9.17) is 0 Å². The van der Waals surface area contributed by atoms with Crippen molar-refractivity contribution in [2.45, 2.75) is 52.6 Å². The molecule has 0 saturated heterocycles. The highest BCUT2D eigenvalue weighted by Gasteiger charge is 2.17. The number of halogens is 1. The highest BCUT2D eigenvalue weighted by Crippen LogP contribution is 2.21. The first-order chi connectivity index (χ1) is 11.1. The maximum atomic E-state index is 4.36. The van der Waals surface area contributed by atoms with E-state index in [1.807, 2.05) is 25.0 Å². The van der Waals surface area contributed by atoms with E-state index in [-0.39, 0.29) is 30.0 Å². The number of aromatic nitrogens is 2. The van der Waals surface area contributed by atoms with Crippen molar-refractivity contribution < 1.29 is 0 Å². The Morgan fingerprint density at radius 2 is 2.00 bits per heavy atom. The molecule has 0 bridgehead atoms. The quantitative estimate of drug-likeness (QED) is 0.370. The summed E-state index contributed by atoms with van der Waals surface area (Å²) < 4.78 is 1.84. The summed E-state index contributed by atoms with van der Waals surface area (Å²) in [6.45, 7) is 9.83. The van der Waals surface area contributed by atoms with Gasteiger partial charge in [-0.05, 0) is 39.3 Å². The lowest BCUT2D eigenvalue weighted by Crippen LogP contribution is -2.45. The van der Waals surface area contributed by atoms with Gasteiger partial charge in [0.1, 0.15) is 0 Å². The lowest BCUT2D eigenvalue weighted by Gasteiger charge is -2.26. The predicted octanol–water partition coefficient (Wildman–Crippen LogP) is 3.02. The van der Waals surface area contributed by atoms with Crippen molar-refractivity contribution >= 4 is 29.9 Å². The van der Waals surface area contributed by atoms with E-state index >= 15 is 0 Å². The zero-order valence-electron chi connectivity index (χ0n) is 17.1. The minimum atomic E-state index is 0. The van der Waals surface area contributed by atoms with Gasteiger partial charge < -0.3 is 15.5 Å². The third-order valence-corrected chi connectivity index (χ3v) is 4.13. The maximum absolute atomic E-state index is 4.36. The molecule has 1 aromatic heterocycles. The smallest absolute Gasteiger partial charge is 0.191 e. The number of aliphatic imine (C=N–C) groups is 1. The van der Waals surface area contributed by atoms with Crippen molar-refractivity contribution in [2.24, 2.45) is 17.5 Å².